The lowest BCUT2D eigenvalue weighted by Gasteiger charge is -2.22. The summed E-state index contributed by atoms with van der Waals surface area (Å²) in [5.74, 6) is 0. The van der Waals surface area contributed by atoms with Crippen molar-refractivity contribution in [1.29, 1.82) is 0 Å². The number of likely N-dealkylation sites (tertiary alicyclic amines) is 1. The zero-order valence-electron chi connectivity index (χ0n) is 12.8. The highest BCUT2D eigenvalue weighted by atomic mass is 16.5. The van der Waals surface area contributed by atoms with Crippen LogP contribution in [0.3, 0.4) is 0 Å². The third-order valence-electron chi connectivity index (χ3n) is 3.81. The first kappa shape index (κ1) is 15.5. The molecule has 0 radical (unpaired) electrons. The summed E-state index contributed by atoms with van der Waals surface area (Å²) in [6, 6.07) is 11.0. The molecule has 0 amide bonds. The minimum atomic E-state index is 0.154. The maximum absolute atomic E-state index is 6.14. The molecule has 1 fully saturated rings. The molecule has 0 aliphatic carbocycles. The van der Waals surface area contributed by atoms with Gasteiger partial charge < -0.3 is 15.0 Å². The second-order valence-corrected chi connectivity index (χ2v) is 5.88. The van der Waals surface area contributed by atoms with E-state index in [1.165, 1.54) is 31.5 Å². The van der Waals surface area contributed by atoms with Gasteiger partial charge in [0.2, 0.25) is 0 Å². The molecule has 1 aromatic rings. The third-order valence-corrected chi connectivity index (χ3v) is 3.81. The third kappa shape index (κ3) is 5.23. The first-order valence-corrected chi connectivity index (χ1v) is 7.88. The number of ether oxygens (including phenoxy) is 1. The van der Waals surface area contributed by atoms with Crippen molar-refractivity contribution in [3.63, 3.8) is 0 Å². The molecule has 0 aromatic heterocycles. The van der Waals surface area contributed by atoms with Crippen molar-refractivity contribution in [2.24, 2.45) is 0 Å². The lowest BCUT2D eigenvalue weighted by atomic mass is 10.1. The van der Waals surface area contributed by atoms with Gasteiger partial charge in [-0.3, -0.25) is 0 Å². The average molecular weight is 276 g/mol. The van der Waals surface area contributed by atoms with E-state index in [4.69, 9.17) is 4.74 Å². The Bertz CT molecular complexity index is 361. The minimum absolute atomic E-state index is 0.154. The summed E-state index contributed by atoms with van der Waals surface area (Å²) < 4.78 is 6.14. The molecule has 1 aliphatic rings. The first-order valence-electron chi connectivity index (χ1n) is 7.88. The molecule has 0 saturated carbocycles. The number of hydrogen-bond donors (Lipinski definition) is 1. The monoisotopic (exact) mass is 276 g/mol. The maximum atomic E-state index is 6.14. The van der Waals surface area contributed by atoms with Gasteiger partial charge in [0.05, 0.1) is 12.7 Å². The Balaban J connectivity index is 1.82. The fourth-order valence-electron chi connectivity index (χ4n) is 2.61. The van der Waals surface area contributed by atoms with Gasteiger partial charge >= 0.3 is 0 Å². The van der Waals surface area contributed by atoms with E-state index in [1.54, 1.807) is 0 Å². The summed E-state index contributed by atoms with van der Waals surface area (Å²) in [4.78, 5) is 2.50. The fraction of sp³-hybridized carbons (Fsp3) is 0.647. The van der Waals surface area contributed by atoms with Gasteiger partial charge in [-0.15, -0.1) is 0 Å². The molecule has 1 heterocycles. The van der Waals surface area contributed by atoms with E-state index in [9.17, 15) is 0 Å². The molecule has 1 unspecified atom stereocenters. The van der Waals surface area contributed by atoms with Gasteiger partial charge in [-0.2, -0.15) is 0 Å². The van der Waals surface area contributed by atoms with E-state index < -0.39 is 0 Å². The van der Waals surface area contributed by atoms with Crippen LogP contribution >= 0.6 is 0 Å². The van der Waals surface area contributed by atoms with Gasteiger partial charge in [-0.05, 0) is 31.5 Å². The molecule has 112 valence electrons. The van der Waals surface area contributed by atoms with Crippen LogP contribution in [0.5, 0.6) is 0 Å². The van der Waals surface area contributed by atoms with E-state index >= 15 is 0 Å². The Morgan fingerprint density at radius 2 is 1.85 bits per heavy atom. The molecule has 0 bridgehead atoms. The molecule has 3 nitrogen and oxygen atoms in total. The maximum Gasteiger partial charge on any atom is 0.0949 e. The van der Waals surface area contributed by atoms with E-state index in [0.29, 0.717) is 6.04 Å². The molecule has 1 aromatic carbocycles. The lowest BCUT2D eigenvalue weighted by Crippen LogP contribution is -2.31. The molecule has 3 heteroatoms. The van der Waals surface area contributed by atoms with E-state index in [2.05, 4.69) is 54.4 Å². The average Bonchev–Trinajstić information content (AvgIpc) is 2.96. The number of benzene rings is 1. The second kappa shape index (κ2) is 8.40. The van der Waals surface area contributed by atoms with Crippen LogP contribution in [0.4, 0.5) is 0 Å². The van der Waals surface area contributed by atoms with Crippen molar-refractivity contribution < 1.29 is 4.74 Å². The summed E-state index contributed by atoms with van der Waals surface area (Å²) in [5.41, 5.74) is 1.27. The van der Waals surface area contributed by atoms with Crippen LogP contribution in [0.15, 0.2) is 30.3 Å². The molecular formula is C17H28N2O. The predicted octanol–water partition coefficient (Wildman–Crippen LogP) is 2.84. The minimum Gasteiger partial charge on any atom is -0.371 e. The summed E-state index contributed by atoms with van der Waals surface area (Å²) in [6.07, 6.45) is 2.84. The zero-order valence-corrected chi connectivity index (χ0v) is 12.8. The van der Waals surface area contributed by atoms with Gasteiger partial charge in [0.1, 0.15) is 0 Å². The summed E-state index contributed by atoms with van der Waals surface area (Å²) >= 11 is 0. The van der Waals surface area contributed by atoms with Crippen LogP contribution in [0.2, 0.25) is 0 Å². The smallest absolute Gasteiger partial charge is 0.0949 e. The van der Waals surface area contributed by atoms with Crippen molar-refractivity contribution in [3.8, 4) is 0 Å². The van der Waals surface area contributed by atoms with E-state index in [1.807, 2.05) is 0 Å². The van der Waals surface area contributed by atoms with E-state index in [0.717, 1.165) is 19.7 Å². The van der Waals surface area contributed by atoms with Crippen LogP contribution in [-0.4, -0.2) is 43.7 Å². The Morgan fingerprint density at radius 1 is 1.15 bits per heavy atom. The van der Waals surface area contributed by atoms with Gasteiger partial charge in [-0.25, -0.2) is 0 Å². The SMILES string of the molecule is CC(C)NCC(OCCN1CCCC1)c1ccccc1. The van der Waals surface area contributed by atoms with Crippen molar-refractivity contribution >= 4 is 0 Å². The van der Waals surface area contributed by atoms with Gasteiger partial charge in [0, 0.05) is 19.1 Å². The molecule has 1 N–H and O–H groups in total. The second-order valence-electron chi connectivity index (χ2n) is 5.88. The highest BCUT2D eigenvalue weighted by molar-refractivity contribution is 5.17. The zero-order chi connectivity index (χ0) is 14.2. The summed E-state index contributed by atoms with van der Waals surface area (Å²) in [7, 11) is 0. The molecule has 1 saturated heterocycles. The number of nitrogens with one attached hydrogen (secondary N) is 1. The molecule has 20 heavy (non-hydrogen) atoms. The molecule has 1 atom stereocenters. The van der Waals surface area contributed by atoms with Crippen LogP contribution < -0.4 is 5.32 Å². The van der Waals surface area contributed by atoms with Gasteiger partial charge in [0.15, 0.2) is 0 Å². The Labute approximate surface area is 123 Å². The fourth-order valence-corrected chi connectivity index (χ4v) is 2.61. The van der Waals surface area contributed by atoms with Crippen LogP contribution in [0, 0.1) is 0 Å². The lowest BCUT2D eigenvalue weighted by molar-refractivity contribution is 0.0390. The highest BCUT2D eigenvalue weighted by Crippen LogP contribution is 2.17. The van der Waals surface area contributed by atoms with Crippen LogP contribution in [-0.2, 0) is 4.74 Å². The van der Waals surface area contributed by atoms with Crippen molar-refractivity contribution in [2.45, 2.75) is 38.8 Å². The van der Waals surface area contributed by atoms with Gasteiger partial charge in [0.25, 0.3) is 0 Å². The molecule has 1 aliphatic heterocycles. The largest absolute Gasteiger partial charge is 0.371 e. The predicted molar refractivity (Wildman–Crippen MR) is 83.9 cm³/mol. The van der Waals surface area contributed by atoms with Gasteiger partial charge in [-0.1, -0.05) is 44.2 Å². The van der Waals surface area contributed by atoms with Crippen LogP contribution in [0.25, 0.3) is 0 Å². The van der Waals surface area contributed by atoms with Crippen LogP contribution in [0.1, 0.15) is 38.4 Å². The topological polar surface area (TPSA) is 24.5 Å². The molecule has 0 spiro atoms. The normalized spacial score (nSPS) is 17.8. The number of rotatable bonds is 8. The highest BCUT2D eigenvalue weighted by Gasteiger charge is 2.15. The standard InChI is InChI=1S/C17H28N2O/c1-15(2)18-14-17(16-8-4-3-5-9-16)20-13-12-19-10-6-7-11-19/h3-5,8-9,15,17-18H,6-7,10-14H2,1-2H3. The summed E-state index contributed by atoms with van der Waals surface area (Å²) in [6.45, 7) is 9.58. The first-order chi connectivity index (χ1) is 9.75. The number of nitrogens with zero attached hydrogens (tertiary/aromatic N) is 1. The number of hydrogen-bond acceptors (Lipinski definition) is 3. The van der Waals surface area contributed by atoms with Crippen molar-refractivity contribution in [2.75, 3.05) is 32.8 Å². The van der Waals surface area contributed by atoms with E-state index in [-0.39, 0.29) is 6.10 Å². The van der Waals surface area contributed by atoms with Crippen molar-refractivity contribution in [3.05, 3.63) is 35.9 Å². The Morgan fingerprint density at radius 3 is 2.50 bits per heavy atom. The Hall–Kier alpha value is -0.900. The molecular weight excluding hydrogens is 248 g/mol. The Kier molecular flexibility index (Phi) is 6.51. The summed E-state index contributed by atoms with van der Waals surface area (Å²) in [5, 5.41) is 3.48. The van der Waals surface area contributed by atoms with Crippen molar-refractivity contribution in [1.82, 2.24) is 10.2 Å². The molecule has 2 rings (SSSR count). The quantitative estimate of drug-likeness (QED) is 0.790.